The van der Waals surface area contributed by atoms with E-state index in [2.05, 4.69) is 10.2 Å². The predicted octanol–water partition coefficient (Wildman–Crippen LogP) is 1.53. The maximum absolute atomic E-state index is 12.0. The molecule has 1 unspecified atom stereocenters. The van der Waals surface area contributed by atoms with Gasteiger partial charge in [0.25, 0.3) is 0 Å². The van der Waals surface area contributed by atoms with Crippen molar-refractivity contribution >= 4 is 6.09 Å². The number of aliphatic hydroxyl groups is 1. The molecule has 1 spiro atoms. The molecule has 3 rings (SSSR count). The van der Waals surface area contributed by atoms with Crippen LogP contribution in [-0.2, 0) is 16.1 Å². The summed E-state index contributed by atoms with van der Waals surface area (Å²) in [4.78, 5) is 14.2. The first-order chi connectivity index (χ1) is 11.6. The lowest BCUT2D eigenvalue weighted by Gasteiger charge is -2.59. The van der Waals surface area contributed by atoms with Crippen LogP contribution in [0.1, 0.15) is 24.8 Å². The average Bonchev–Trinajstić information content (AvgIpc) is 2.59. The summed E-state index contributed by atoms with van der Waals surface area (Å²) in [7, 11) is 2.02. The van der Waals surface area contributed by atoms with E-state index in [0.29, 0.717) is 19.8 Å². The lowest BCUT2D eigenvalue weighted by atomic mass is 9.72. The monoisotopic (exact) mass is 334 g/mol. The minimum absolute atomic E-state index is 0.0105. The first-order valence-electron chi connectivity index (χ1n) is 8.47. The van der Waals surface area contributed by atoms with E-state index in [1.165, 1.54) is 6.42 Å². The van der Waals surface area contributed by atoms with Crippen molar-refractivity contribution in [3.63, 3.8) is 0 Å². The van der Waals surface area contributed by atoms with Crippen LogP contribution in [-0.4, -0.2) is 60.6 Å². The van der Waals surface area contributed by atoms with Crippen LogP contribution < -0.4 is 5.32 Å². The molecule has 1 aromatic carbocycles. The Bertz CT molecular complexity index is 561. The highest BCUT2D eigenvalue weighted by atomic mass is 16.5. The highest BCUT2D eigenvalue weighted by molar-refractivity contribution is 5.67. The van der Waals surface area contributed by atoms with Gasteiger partial charge in [-0.25, -0.2) is 4.79 Å². The lowest BCUT2D eigenvalue weighted by Crippen LogP contribution is -2.73. The zero-order valence-electron chi connectivity index (χ0n) is 14.2. The molecule has 1 aromatic rings. The van der Waals surface area contributed by atoms with Crippen LogP contribution in [0.3, 0.4) is 0 Å². The van der Waals surface area contributed by atoms with E-state index in [4.69, 9.17) is 9.47 Å². The number of amides is 1. The molecule has 24 heavy (non-hydrogen) atoms. The molecule has 1 saturated carbocycles. The Morgan fingerprint density at radius 3 is 2.71 bits per heavy atom. The van der Waals surface area contributed by atoms with Crippen molar-refractivity contribution in [2.75, 3.05) is 33.4 Å². The molecular formula is C18H26N2O4. The molecular weight excluding hydrogens is 308 g/mol. The number of morpholine rings is 1. The minimum atomic E-state index is -0.593. The van der Waals surface area contributed by atoms with Gasteiger partial charge in [0.05, 0.1) is 25.4 Å². The second-order valence-corrected chi connectivity index (χ2v) is 6.93. The summed E-state index contributed by atoms with van der Waals surface area (Å²) in [5, 5.41) is 12.8. The van der Waals surface area contributed by atoms with Crippen LogP contribution in [0, 0.1) is 0 Å². The summed E-state index contributed by atoms with van der Waals surface area (Å²) in [5.41, 5.74) is 0.358. The molecule has 0 radical (unpaired) electrons. The number of alkyl carbamates (subject to hydrolysis) is 1. The molecule has 2 aliphatic rings. The van der Waals surface area contributed by atoms with Crippen molar-refractivity contribution in [3.05, 3.63) is 35.9 Å². The topological polar surface area (TPSA) is 71.0 Å². The third-order valence-electron chi connectivity index (χ3n) is 5.52. The third kappa shape index (κ3) is 3.27. The highest BCUT2D eigenvalue weighted by Gasteiger charge is 2.53. The van der Waals surface area contributed by atoms with E-state index < -0.39 is 11.6 Å². The normalized spacial score (nSPS) is 25.9. The number of likely N-dealkylation sites (N-methyl/N-ethyl adjacent to an activating group) is 1. The summed E-state index contributed by atoms with van der Waals surface area (Å²) < 4.78 is 11.0. The summed E-state index contributed by atoms with van der Waals surface area (Å²) in [5.74, 6) is 0. The van der Waals surface area contributed by atoms with E-state index in [-0.39, 0.29) is 18.8 Å². The van der Waals surface area contributed by atoms with Crippen molar-refractivity contribution in [1.82, 2.24) is 10.2 Å². The Labute approximate surface area is 142 Å². The number of nitrogens with zero attached hydrogens (tertiary/aromatic N) is 1. The molecule has 1 saturated heterocycles. The first-order valence-corrected chi connectivity index (χ1v) is 8.47. The average molecular weight is 334 g/mol. The van der Waals surface area contributed by atoms with E-state index in [1.54, 1.807) is 0 Å². The van der Waals surface area contributed by atoms with Crippen molar-refractivity contribution in [2.45, 2.75) is 36.9 Å². The van der Waals surface area contributed by atoms with Gasteiger partial charge in [0.15, 0.2) is 0 Å². The van der Waals surface area contributed by atoms with Gasteiger partial charge in [-0.1, -0.05) is 30.3 Å². The van der Waals surface area contributed by atoms with Gasteiger partial charge < -0.3 is 19.9 Å². The first kappa shape index (κ1) is 17.2. The van der Waals surface area contributed by atoms with Crippen LogP contribution >= 0.6 is 0 Å². The molecule has 1 atom stereocenters. The fraction of sp³-hybridized carbons (Fsp3) is 0.611. The van der Waals surface area contributed by atoms with E-state index in [9.17, 15) is 9.90 Å². The van der Waals surface area contributed by atoms with E-state index in [1.807, 2.05) is 37.4 Å². The molecule has 2 N–H and O–H groups in total. The molecule has 0 aromatic heterocycles. The summed E-state index contributed by atoms with van der Waals surface area (Å²) in [6.07, 6.45) is 2.85. The molecule has 2 fully saturated rings. The standard InChI is InChI=1S/C18H26N2O4/c1-20-17(8-5-9-17)13-23-14-18(20,12-21)11-19-16(22)24-10-15-6-3-2-4-7-15/h2-4,6-7,21H,5,8-14H2,1H3,(H,19,22). The largest absolute Gasteiger partial charge is 0.445 e. The molecule has 1 aliphatic carbocycles. The molecule has 1 aliphatic heterocycles. The van der Waals surface area contributed by atoms with Crippen LogP contribution in [0.5, 0.6) is 0 Å². The molecule has 6 heteroatoms. The van der Waals surface area contributed by atoms with Gasteiger partial charge in [-0.05, 0) is 31.9 Å². The minimum Gasteiger partial charge on any atom is -0.445 e. The van der Waals surface area contributed by atoms with Gasteiger partial charge in [0, 0.05) is 12.1 Å². The fourth-order valence-electron chi connectivity index (χ4n) is 3.58. The predicted molar refractivity (Wildman–Crippen MR) is 89.6 cm³/mol. The summed E-state index contributed by atoms with van der Waals surface area (Å²) in [6.45, 7) is 1.57. The van der Waals surface area contributed by atoms with Gasteiger partial charge in [0.1, 0.15) is 6.61 Å². The van der Waals surface area contributed by atoms with Crippen LogP contribution in [0.2, 0.25) is 0 Å². The Morgan fingerprint density at radius 1 is 1.33 bits per heavy atom. The number of carbonyl (C=O) groups excluding carboxylic acids is 1. The smallest absolute Gasteiger partial charge is 0.407 e. The van der Waals surface area contributed by atoms with Crippen molar-refractivity contribution in [2.24, 2.45) is 0 Å². The van der Waals surface area contributed by atoms with Crippen LogP contribution in [0.15, 0.2) is 30.3 Å². The summed E-state index contributed by atoms with van der Waals surface area (Å²) >= 11 is 0. The number of hydrogen-bond donors (Lipinski definition) is 2. The third-order valence-corrected chi connectivity index (χ3v) is 5.52. The number of nitrogens with one attached hydrogen (secondary N) is 1. The van der Waals surface area contributed by atoms with Gasteiger partial charge in [-0.2, -0.15) is 0 Å². The maximum atomic E-state index is 12.0. The number of carbonyl (C=O) groups is 1. The van der Waals surface area contributed by atoms with Crippen LogP contribution in [0.4, 0.5) is 4.79 Å². The fourth-order valence-corrected chi connectivity index (χ4v) is 3.58. The molecule has 1 heterocycles. The molecule has 6 nitrogen and oxygen atoms in total. The SMILES string of the molecule is CN1C2(CCC2)COCC1(CO)CNC(=O)OCc1ccccc1. The zero-order chi connectivity index (χ0) is 17.0. The Balaban J connectivity index is 1.54. The van der Waals surface area contributed by atoms with Gasteiger partial charge in [-0.15, -0.1) is 0 Å². The number of aliphatic hydroxyl groups excluding tert-OH is 1. The van der Waals surface area contributed by atoms with Gasteiger partial charge in [0.2, 0.25) is 0 Å². The van der Waals surface area contributed by atoms with Gasteiger partial charge in [-0.3, -0.25) is 4.90 Å². The van der Waals surface area contributed by atoms with E-state index >= 15 is 0 Å². The summed E-state index contributed by atoms with van der Waals surface area (Å²) in [6, 6.07) is 9.55. The van der Waals surface area contributed by atoms with Gasteiger partial charge >= 0.3 is 6.09 Å². The maximum Gasteiger partial charge on any atom is 0.407 e. The van der Waals surface area contributed by atoms with Crippen molar-refractivity contribution < 1.29 is 19.4 Å². The Kier molecular flexibility index (Phi) is 5.08. The number of hydrogen-bond acceptors (Lipinski definition) is 5. The number of benzene rings is 1. The van der Waals surface area contributed by atoms with Crippen molar-refractivity contribution in [3.8, 4) is 0 Å². The highest BCUT2D eigenvalue weighted by Crippen LogP contribution is 2.43. The van der Waals surface area contributed by atoms with Crippen molar-refractivity contribution in [1.29, 1.82) is 0 Å². The molecule has 1 amide bonds. The molecule has 0 bridgehead atoms. The number of rotatable bonds is 5. The lowest BCUT2D eigenvalue weighted by molar-refractivity contribution is -0.179. The Morgan fingerprint density at radius 2 is 2.08 bits per heavy atom. The number of ether oxygens (including phenoxy) is 2. The quantitative estimate of drug-likeness (QED) is 0.854. The second kappa shape index (κ2) is 7.09. The Hall–Kier alpha value is -1.63. The van der Waals surface area contributed by atoms with E-state index in [0.717, 1.165) is 18.4 Å². The zero-order valence-corrected chi connectivity index (χ0v) is 14.2. The van der Waals surface area contributed by atoms with Crippen LogP contribution in [0.25, 0.3) is 0 Å². The molecule has 132 valence electrons. The second-order valence-electron chi connectivity index (χ2n) is 6.93.